The standard InChI is InChI=1S/C25H30N2OS/c1-5-19-9-6-8-18(4)24(19)27-23(28)16-26-25(22-10-7-15-29-22)21-13-11-20(12-14-21)17(2)3/h6-15,17,25-26H,5,16H2,1-4H3,(H,27,28)/p+1/t25-/m1/s1. The van der Waals surface area contributed by atoms with E-state index in [4.69, 9.17) is 0 Å². The normalized spacial score (nSPS) is 12.2. The molecular weight excluding hydrogens is 376 g/mol. The Labute approximate surface area is 178 Å². The minimum atomic E-state index is 0.0364. The van der Waals surface area contributed by atoms with E-state index in [1.165, 1.54) is 21.6 Å². The number of rotatable bonds is 8. The highest BCUT2D eigenvalue weighted by Gasteiger charge is 2.21. The fraction of sp³-hybridized carbons (Fsp3) is 0.320. The number of amides is 1. The quantitative estimate of drug-likeness (QED) is 0.540. The van der Waals surface area contributed by atoms with Crippen molar-refractivity contribution in [2.45, 2.75) is 46.1 Å². The molecule has 1 aromatic heterocycles. The lowest BCUT2D eigenvalue weighted by Crippen LogP contribution is -2.87. The molecule has 3 rings (SSSR count). The second-order valence-electron chi connectivity index (χ2n) is 7.77. The van der Waals surface area contributed by atoms with Crippen molar-refractivity contribution < 1.29 is 10.1 Å². The van der Waals surface area contributed by atoms with Crippen molar-refractivity contribution in [1.29, 1.82) is 0 Å². The first-order valence-electron chi connectivity index (χ1n) is 10.3. The number of hydrogen-bond donors (Lipinski definition) is 2. The largest absolute Gasteiger partial charge is 0.328 e. The maximum Gasteiger partial charge on any atom is 0.279 e. The Balaban J connectivity index is 1.73. The molecule has 1 heterocycles. The Hall–Kier alpha value is -2.43. The molecule has 152 valence electrons. The van der Waals surface area contributed by atoms with Crippen LogP contribution in [0, 0.1) is 6.92 Å². The molecule has 0 saturated heterocycles. The Morgan fingerprint density at radius 2 is 1.76 bits per heavy atom. The summed E-state index contributed by atoms with van der Waals surface area (Å²) in [6.07, 6.45) is 0.904. The molecule has 0 saturated carbocycles. The lowest BCUT2D eigenvalue weighted by atomic mass is 9.98. The van der Waals surface area contributed by atoms with Gasteiger partial charge in [-0.15, -0.1) is 11.3 Å². The molecule has 0 aliphatic carbocycles. The third kappa shape index (κ3) is 5.34. The highest BCUT2D eigenvalue weighted by atomic mass is 32.1. The van der Waals surface area contributed by atoms with E-state index >= 15 is 0 Å². The first kappa shape index (κ1) is 21.3. The number of para-hydroxylation sites is 1. The van der Waals surface area contributed by atoms with Gasteiger partial charge in [0.1, 0.15) is 6.04 Å². The number of aryl methyl sites for hydroxylation is 2. The van der Waals surface area contributed by atoms with E-state index in [1.54, 1.807) is 11.3 Å². The van der Waals surface area contributed by atoms with Crippen LogP contribution in [0.15, 0.2) is 60.0 Å². The van der Waals surface area contributed by atoms with Gasteiger partial charge in [-0.1, -0.05) is 69.3 Å². The molecule has 0 bridgehead atoms. The molecule has 0 spiro atoms. The van der Waals surface area contributed by atoms with Gasteiger partial charge in [0.25, 0.3) is 5.91 Å². The van der Waals surface area contributed by atoms with Crippen molar-refractivity contribution in [1.82, 2.24) is 0 Å². The van der Waals surface area contributed by atoms with E-state index in [1.807, 2.05) is 19.1 Å². The van der Waals surface area contributed by atoms with E-state index in [-0.39, 0.29) is 11.9 Å². The van der Waals surface area contributed by atoms with Crippen molar-refractivity contribution in [3.8, 4) is 0 Å². The summed E-state index contributed by atoms with van der Waals surface area (Å²) in [5.41, 5.74) is 5.81. The summed E-state index contributed by atoms with van der Waals surface area (Å²) < 4.78 is 0. The van der Waals surface area contributed by atoms with Gasteiger partial charge in [-0.3, -0.25) is 4.79 Å². The van der Waals surface area contributed by atoms with Crippen LogP contribution in [-0.2, 0) is 11.2 Å². The van der Waals surface area contributed by atoms with Gasteiger partial charge in [0.05, 0.1) is 4.88 Å². The maximum absolute atomic E-state index is 12.7. The number of carbonyl (C=O) groups is 1. The number of hydrogen-bond acceptors (Lipinski definition) is 2. The van der Waals surface area contributed by atoms with E-state index < -0.39 is 0 Å². The van der Waals surface area contributed by atoms with Gasteiger partial charge >= 0.3 is 0 Å². The van der Waals surface area contributed by atoms with Crippen molar-refractivity contribution in [3.63, 3.8) is 0 Å². The zero-order chi connectivity index (χ0) is 20.8. The van der Waals surface area contributed by atoms with Crippen LogP contribution in [0.2, 0.25) is 0 Å². The molecule has 1 atom stereocenters. The van der Waals surface area contributed by atoms with Gasteiger partial charge < -0.3 is 10.6 Å². The molecule has 4 heteroatoms. The highest BCUT2D eigenvalue weighted by Crippen LogP contribution is 2.25. The average molecular weight is 408 g/mol. The fourth-order valence-corrected chi connectivity index (χ4v) is 4.44. The number of carbonyl (C=O) groups excluding carboxylic acids is 1. The van der Waals surface area contributed by atoms with Gasteiger partial charge in [0.2, 0.25) is 0 Å². The summed E-state index contributed by atoms with van der Waals surface area (Å²) in [7, 11) is 0. The smallest absolute Gasteiger partial charge is 0.279 e. The lowest BCUT2D eigenvalue weighted by molar-refractivity contribution is -0.675. The molecule has 0 aliphatic rings. The zero-order valence-corrected chi connectivity index (χ0v) is 18.6. The molecule has 0 unspecified atom stereocenters. The SMILES string of the molecule is CCc1cccc(C)c1NC(=O)C[NH2+][C@H](c1ccc(C(C)C)cc1)c1cccs1. The van der Waals surface area contributed by atoms with Crippen molar-refractivity contribution in [3.05, 3.63) is 87.1 Å². The molecule has 29 heavy (non-hydrogen) atoms. The number of anilines is 1. The number of thiophene rings is 1. The number of nitrogens with two attached hydrogens (primary N) is 1. The summed E-state index contributed by atoms with van der Waals surface area (Å²) in [4.78, 5) is 14.0. The molecule has 3 N–H and O–H groups in total. The van der Waals surface area contributed by atoms with Gasteiger partial charge in [0, 0.05) is 11.3 Å². The van der Waals surface area contributed by atoms with Crippen molar-refractivity contribution >= 4 is 22.9 Å². The molecule has 2 aromatic carbocycles. The molecule has 0 radical (unpaired) electrons. The number of nitrogens with one attached hydrogen (secondary N) is 1. The predicted octanol–water partition coefficient (Wildman–Crippen LogP) is 5.03. The van der Waals surface area contributed by atoms with Crippen LogP contribution in [0.4, 0.5) is 5.69 Å². The number of quaternary nitrogens is 1. The summed E-state index contributed by atoms with van der Waals surface area (Å²) in [5.74, 6) is 0.551. The zero-order valence-electron chi connectivity index (χ0n) is 17.7. The average Bonchev–Trinajstić information content (AvgIpc) is 3.24. The van der Waals surface area contributed by atoms with Gasteiger partial charge in [-0.25, -0.2) is 0 Å². The number of benzene rings is 2. The highest BCUT2D eigenvalue weighted by molar-refractivity contribution is 7.10. The fourth-order valence-electron chi connectivity index (χ4n) is 3.59. The van der Waals surface area contributed by atoms with Crippen LogP contribution in [0.1, 0.15) is 59.9 Å². The van der Waals surface area contributed by atoms with Gasteiger partial charge in [-0.2, -0.15) is 0 Å². The third-order valence-electron chi connectivity index (χ3n) is 5.36. The molecule has 0 aliphatic heterocycles. The van der Waals surface area contributed by atoms with Crippen LogP contribution in [0.25, 0.3) is 0 Å². The van der Waals surface area contributed by atoms with Crippen molar-refractivity contribution in [2.75, 3.05) is 11.9 Å². The van der Waals surface area contributed by atoms with Crippen LogP contribution >= 0.6 is 11.3 Å². The minimum Gasteiger partial charge on any atom is -0.328 e. The molecular formula is C25H31N2OS+. The predicted molar refractivity (Wildman–Crippen MR) is 123 cm³/mol. The Kier molecular flexibility index (Phi) is 7.24. The third-order valence-corrected chi connectivity index (χ3v) is 6.31. The monoisotopic (exact) mass is 407 g/mol. The van der Waals surface area contributed by atoms with E-state index in [0.717, 1.165) is 17.7 Å². The second-order valence-corrected chi connectivity index (χ2v) is 8.74. The first-order chi connectivity index (χ1) is 14.0. The van der Waals surface area contributed by atoms with E-state index in [9.17, 15) is 4.79 Å². The molecule has 3 aromatic rings. The van der Waals surface area contributed by atoms with Crippen LogP contribution in [-0.4, -0.2) is 12.5 Å². The van der Waals surface area contributed by atoms with Crippen LogP contribution in [0.3, 0.4) is 0 Å². The van der Waals surface area contributed by atoms with E-state index in [0.29, 0.717) is 12.5 Å². The minimum absolute atomic E-state index is 0.0364. The first-order valence-corrected chi connectivity index (χ1v) is 11.2. The van der Waals surface area contributed by atoms with E-state index in [2.05, 4.69) is 79.2 Å². The molecule has 1 amide bonds. The molecule has 3 nitrogen and oxygen atoms in total. The maximum atomic E-state index is 12.7. The second kappa shape index (κ2) is 9.86. The Bertz CT molecular complexity index is 930. The van der Waals surface area contributed by atoms with Crippen LogP contribution in [0.5, 0.6) is 0 Å². The lowest BCUT2D eigenvalue weighted by Gasteiger charge is -2.17. The van der Waals surface area contributed by atoms with Gasteiger partial charge in [-0.05, 0) is 47.4 Å². The Morgan fingerprint density at radius 1 is 1.03 bits per heavy atom. The van der Waals surface area contributed by atoms with Crippen molar-refractivity contribution in [2.24, 2.45) is 0 Å². The Morgan fingerprint density at radius 3 is 2.38 bits per heavy atom. The van der Waals surface area contributed by atoms with Gasteiger partial charge in [0.15, 0.2) is 6.54 Å². The van der Waals surface area contributed by atoms with Crippen LogP contribution < -0.4 is 10.6 Å². The molecule has 0 fully saturated rings. The summed E-state index contributed by atoms with van der Waals surface area (Å²) >= 11 is 1.74. The summed E-state index contributed by atoms with van der Waals surface area (Å²) in [6, 6.07) is 19.3. The topological polar surface area (TPSA) is 45.7 Å². The summed E-state index contributed by atoms with van der Waals surface area (Å²) in [5, 5.41) is 7.37. The summed E-state index contributed by atoms with van der Waals surface area (Å²) in [6.45, 7) is 8.95.